The lowest BCUT2D eigenvalue weighted by Crippen LogP contribution is -2.43. The van der Waals surface area contributed by atoms with Gasteiger partial charge in [-0.1, -0.05) is 12.1 Å². The van der Waals surface area contributed by atoms with Gasteiger partial charge >= 0.3 is 6.03 Å². The van der Waals surface area contributed by atoms with Gasteiger partial charge in [-0.05, 0) is 37.0 Å². The van der Waals surface area contributed by atoms with Crippen molar-refractivity contribution in [1.29, 1.82) is 0 Å². The lowest BCUT2D eigenvalue weighted by Gasteiger charge is -2.18. The highest BCUT2D eigenvalue weighted by Gasteiger charge is 2.45. The fraction of sp³-hybridized carbons (Fsp3) is 0.471. The second kappa shape index (κ2) is 5.89. The largest absolute Gasteiger partial charge is 0.338 e. The van der Waals surface area contributed by atoms with E-state index in [1.165, 1.54) is 12.1 Å². The Bertz CT molecular complexity index is 768. The molecule has 2 aromatic rings. The van der Waals surface area contributed by atoms with Crippen LogP contribution in [0.5, 0.6) is 0 Å². The van der Waals surface area contributed by atoms with E-state index in [4.69, 9.17) is 0 Å². The van der Waals surface area contributed by atoms with Crippen LogP contribution >= 0.6 is 0 Å². The Balaban J connectivity index is 1.31. The van der Waals surface area contributed by atoms with Crippen LogP contribution in [0.4, 0.5) is 9.18 Å². The van der Waals surface area contributed by atoms with Crippen LogP contribution < -0.4 is 10.6 Å². The van der Waals surface area contributed by atoms with Gasteiger partial charge in [0, 0.05) is 25.9 Å². The van der Waals surface area contributed by atoms with E-state index in [-0.39, 0.29) is 11.8 Å². The lowest BCUT2D eigenvalue weighted by atomic mass is 10.1. The summed E-state index contributed by atoms with van der Waals surface area (Å²) < 4.78 is 15.5. The van der Waals surface area contributed by atoms with Gasteiger partial charge in [-0.25, -0.2) is 9.18 Å². The zero-order chi connectivity index (χ0) is 16.6. The number of aromatic nitrogens is 3. The van der Waals surface area contributed by atoms with Crippen molar-refractivity contribution in [3.63, 3.8) is 0 Å². The van der Waals surface area contributed by atoms with Crippen molar-refractivity contribution < 1.29 is 9.18 Å². The number of benzene rings is 1. The van der Waals surface area contributed by atoms with Crippen LogP contribution in [0, 0.1) is 5.82 Å². The summed E-state index contributed by atoms with van der Waals surface area (Å²) in [5, 5.41) is 14.2. The third kappa shape index (κ3) is 2.86. The minimum absolute atomic E-state index is 0.224. The van der Waals surface area contributed by atoms with E-state index >= 15 is 0 Å². The maximum atomic E-state index is 13.4. The van der Waals surface area contributed by atoms with E-state index in [1.54, 1.807) is 6.07 Å². The molecule has 0 saturated heterocycles. The number of urea groups is 1. The second-order valence-corrected chi connectivity index (χ2v) is 6.51. The monoisotopic (exact) mass is 329 g/mol. The molecule has 126 valence electrons. The average molecular weight is 329 g/mol. The fourth-order valence-corrected chi connectivity index (χ4v) is 3.34. The molecule has 0 atom stereocenters. The van der Waals surface area contributed by atoms with Crippen LogP contribution in [0.15, 0.2) is 24.3 Å². The molecule has 0 unspecified atom stereocenters. The highest BCUT2D eigenvalue weighted by Crippen LogP contribution is 2.45. The normalized spacial score (nSPS) is 17.4. The van der Waals surface area contributed by atoms with Gasteiger partial charge in [-0.2, -0.15) is 0 Å². The average Bonchev–Trinajstić information content (AvgIpc) is 3.02. The topological polar surface area (TPSA) is 71.8 Å². The number of carbonyl (C=O) groups excluding carboxylic acids is 1. The molecule has 2 N–H and O–H groups in total. The first-order chi connectivity index (χ1) is 11.7. The standard InChI is InChI=1S/C17H20FN5O/c18-13-4-1-3-12(11-13)17(7-8-17)20-16(24)19-9-6-15-22-21-14-5-2-10-23(14)15/h1,3-4,11H,2,5-10H2,(H2,19,20,24). The SMILES string of the molecule is O=C(NCCc1nnc2n1CCC2)NC1(c2cccc(F)c2)CC1. The van der Waals surface area contributed by atoms with Crippen molar-refractivity contribution in [2.45, 2.75) is 44.2 Å². The Morgan fingerprint density at radius 2 is 2.21 bits per heavy atom. The van der Waals surface area contributed by atoms with E-state index in [1.807, 2.05) is 6.07 Å². The van der Waals surface area contributed by atoms with Gasteiger partial charge in [0.15, 0.2) is 0 Å². The van der Waals surface area contributed by atoms with Crippen LogP contribution in [0.2, 0.25) is 0 Å². The van der Waals surface area contributed by atoms with E-state index < -0.39 is 5.54 Å². The summed E-state index contributed by atoms with van der Waals surface area (Å²) in [6.07, 6.45) is 4.43. The molecule has 2 heterocycles. The number of carbonyl (C=O) groups is 1. The minimum Gasteiger partial charge on any atom is -0.338 e. The number of hydrogen-bond acceptors (Lipinski definition) is 3. The highest BCUT2D eigenvalue weighted by atomic mass is 19.1. The van der Waals surface area contributed by atoms with Gasteiger partial charge in [0.05, 0.1) is 5.54 Å². The molecule has 2 amide bonds. The summed E-state index contributed by atoms with van der Waals surface area (Å²) in [6, 6.07) is 6.22. The van der Waals surface area contributed by atoms with Crippen molar-refractivity contribution in [3.05, 3.63) is 47.3 Å². The van der Waals surface area contributed by atoms with Gasteiger partial charge < -0.3 is 15.2 Å². The summed E-state index contributed by atoms with van der Waals surface area (Å²) in [6.45, 7) is 1.47. The maximum absolute atomic E-state index is 13.4. The predicted octanol–water partition coefficient (Wildman–Crippen LogP) is 1.89. The van der Waals surface area contributed by atoms with Gasteiger partial charge in [-0.3, -0.25) is 0 Å². The molecular weight excluding hydrogens is 309 g/mol. The van der Waals surface area contributed by atoms with Crippen molar-refractivity contribution >= 4 is 6.03 Å². The molecule has 2 aliphatic rings. The molecule has 0 bridgehead atoms. The number of rotatable bonds is 5. The molecular formula is C17H20FN5O. The summed E-state index contributed by atoms with van der Waals surface area (Å²) in [7, 11) is 0. The van der Waals surface area contributed by atoms with Gasteiger partial charge in [0.1, 0.15) is 17.5 Å². The zero-order valence-corrected chi connectivity index (χ0v) is 13.4. The van der Waals surface area contributed by atoms with Crippen molar-refractivity contribution in [1.82, 2.24) is 25.4 Å². The molecule has 24 heavy (non-hydrogen) atoms. The summed E-state index contributed by atoms with van der Waals surface area (Å²) >= 11 is 0. The van der Waals surface area contributed by atoms with E-state index in [2.05, 4.69) is 25.4 Å². The number of aryl methyl sites for hydroxylation is 1. The van der Waals surface area contributed by atoms with Crippen LogP contribution in [0.3, 0.4) is 0 Å². The Labute approximate surface area is 139 Å². The Kier molecular flexibility index (Phi) is 3.70. The van der Waals surface area contributed by atoms with Gasteiger partial charge in [-0.15, -0.1) is 10.2 Å². The molecule has 1 saturated carbocycles. The smallest absolute Gasteiger partial charge is 0.315 e. The number of fused-ring (bicyclic) bond motifs is 1. The van der Waals surface area contributed by atoms with E-state index in [0.29, 0.717) is 13.0 Å². The first kappa shape index (κ1) is 15.1. The zero-order valence-electron chi connectivity index (χ0n) is 13.4. The minimum atomic E-state index is -0.414. The van der Waals surface area contributed by atoms with Gasteiger partial charge in [0.25, 0.3) is 0 Å². The van der Waals surface area contributed by atoms with Crippen LogP contribution in [-0.4, -0.2) is 27.3 Å². The summed E-state index contributed by atoms with van der Waals surface area (Å²) in [5.41, 5.74) is 0.412. The summed E-state index contributed by atoms with van der Waals surface area (Å²) in [4.78, 5) is 12.2. The van der Waals surface area contributed by atoms with Crippen LogP contribution in [0.25, 0.3) is 0 Å². The molecule has 1 aliphatic heterocycles. The molecule has 1 aromatic heterocycles. The van der Waals surface area contributed by atoms with Crippen molar-refractivity contribution in [2.75, 3.05) is 6.54 Å². The first-order valence-electron chi connectivity index (χ1n) is 8.39. The number of nitrogens with one attached hydrogen (secondary N) is 2. The Morgan fingerprint density at radius 1 is 1.33 bits per heavy atom. The molecule has 6 nitrogen and oxygen atoms in total. The third-order valence-corrected chi connectivity index (χ3v) is 4.80. The van der Waals surface area contributed by atoms with Gasteiger partial charge in [0.2, 0.25) is 0 Å². The fourth-order valence-electron chi connectivity index (χ4n) is 3.34. The number of nitrogens with zero attached hydrogens (tertiary/aromatic N) is 3. The quantitative estimate of drug-likeness (QED) is 0.880. The molecule has 4 rings (SSSR count). The molecule has 1 aliphatic carbocycles. The van der Waals surface area contributed by atoms with Crippen molar-refractivity contribution in [3.8, 4) is 0 Å². The second-order valence-electron chi connectivity index (χ2n) is 6.51. The molecule has 0 spiro atoms. The molecule has 1 fully saturated rings. The van der Waals surface area contributed by atoms with Crippen LogP contribution in [0.1, 0.15) is 36.5 Å². The van der Waals surface area contributed by atoms with E-state index in [9.17, 15) is 9.18 Å². The molecule has 1 aromatic carbocycles. The first-order valence-corrected chi connectivity index (χ1v) is 8.39. The summed E-state index contributed by atoms with van der Waals surface area (Å²) in [5.74, 6) is 1.69. The number of hydrogen-bond donors (Lipinski definition) is 2. The number of amides is 2. The predicted molar refractivity (Wildman–Crippen MR) is 85.9 cm³/mol. The maximum Gasteiger partial charge on any atom is 0.315 e. The Hall–Kier alpha value is -2.44. The Morgan fingerprint density at radius 3 is 3.00 bits per heavy atom. The molecule has 0 radical (unpaired) electrons. The molecule has 7 heteroatoms. The van der Waals surface area contributed by atoms with Crippen LogP contribution in [-0.2, 0) is 24.9 Å². The van der Waals surface area contributed by atoms with E-state index in [0.717, 1.165) is 49.4 Å². The lowest BCUT2D eigenvalue weighted by molar-refractivity contribution is 0.236. The number of halogens is 1. The van der Waals surface area contributed by atoms with Crippen molar-refractivity contribution in [2.24, 2.45) is 0 Å². The third-order valence-electron chi connectivity index (χ3n) is 4.80. The highest BCUT2D eigenvalue weighted by molar-refractivity contribution is 5.75.